The van der Waals surface area contributed by atoms with Crippen molar-refractivity contribution in [1.82, 2.24) is 19.9 Å². The lowest BCUT2D eigenvalue weighted by molar-refractivity contribution is 0.191. The molecule has 122 valence electrons. The Bertz CT molecular complexity index is 726. The minimum Gasteiger partial charge on any atom is -0.465 e. The molecule has 0 unspecified atom stereocenters. The van der Waals surface area contributed by atoms with Gasteiger partial charge in [-0.1, -0.05) is 11.6 Å². The number of halogens is 1. The molecule has 0 saturated carbocycles. The van der Waals surface area contributed by atoms with Crippen LogP contribution in [-0.4, -0.2) is 44.9 Å². The van der Waals surface area contributed by atoms with Crippen LogP contribution in [-0.2, 0) is 0 Å². The normalized spacial score (nSPS) is 17.5. The topological polar surface area (TPSA) is 83.3 Å². The number of aromatic nitrogens is 3. The molecule has 3 heterocycles. The number of carboxylic acid groups (broad SMARTS) is 1. The average molecular weight is 336 g/mol. The number of amides is 1. The maximum atomic E-state index is 10.8. The van der Waals surface area contributed by atoms with Crippen molar-refractivity contribution in [2.75, 3.05) is 18.0 Å². The molecule has 1 amide bonds. The number of hydrogen-bond donors (Lipinski definition) is 2. The lowest BCUT2D eigenvalue weighted by Crippen LogP contribution is -2.36. The fraction of sp³-hybridized carbons (Fsp3) is 0.400. The van der Waals surface area contributed by atoms with Gasteiger partial charge in [0.05, 0.1) is 6.04 Å². The van der Waals surface area contributed by atoms with Crippen molar-refractivity contribution < 1.29 is 9.90 Å². The molecular weight excluding hydrogens is 318 g/mol. The second-order valence-electron chi connectivity index (χ2n) is 5.68. The summed E-state index contributed by atoms with van der Waals surface area (Å²) in [6.45, 7) is 5.27. The third kappa shape index (κ3) is 3.24. The molecule has 1 aliphatic rings. The van der Waals surface area contributed by atoms with Crippen molar-refractivity contribution in [3.63, 3.8) is 0 Å². The molecule has 0 aliphatic carbocycles. The molecule has 1 saturated heterocycles. The standard InChI is InChI=1S/C15H18ClN5O2/c1-9-3-4-10(2)21(9)14-18-12(16)7-13(19-14)20-6-5-11(8-20)17-15(22)23/h3-4,7,11,17H,5-6,8H2,1-2H3,(H,22,23)/t11-/m1/s1. The van der Waals surface area contributed by atoms with Gasteiger partial charge >= 0.3 is 6.09 Å². The van der Waals surface area contributed by atoms with Crippen molar-refractivity contribution >= 4 is 23.5 Å². The van der Waals surface area contributed by atoms with Crippen LogP contribution >= 0.6 is 11.6 Å². The summed E-state index contributed by atoms with van der Waals surface area (Å²) in [5.74, 6) is 1.24. The molecule has 2 aromatic heterocycles. The van der Waals surface area contributed by atoms with Crippen molar-refractivity contribution in [2.24, 2.45) is 0 Å². The minimum absolute atomic E-state index is 0.0975. The predicted molar refractivity (Wildman–Crippen MR) is 87.6 cm³/mol. The third-order valence-corrected chi connectivity index (χ3v) is 4.17. The fourth-order valence-electron chi connectivity index (χ4n) is 2.90. The zero-order valence-corrected chi connectivity index (χ0v) is 13.7. The number of nitrogens with zero attached hydrogens (tertiary/aromatic N) is 4. The first-order chi connectivity index (χ1) is 10.9. The number of hydrogen-bond acceptors (Lipinski definition) is 4. The Morgan fingerprint density at radius 2 is 2.04 bits per heavy atom. The van der Waals surface area contributed by atoms with E-state index in [0.717, 1.165) is 24.4 Å². The number of rotatable bonds is 3. The van der Waals surface area contributed by atoms with E-state index in [0.29, 0.717) is 23.5 Å². The van der Waals surface area contributed by atoms with Crippen LogP contribution in [0, 0.1) is 13.8 Å². The Balaban J connectivity index is 1.89. The lowest BCUT2D eigenvalue weighted by atomic mass is 10.3. The molecule has 0 aromatic carbocycles. The van der Waals surface area contributed by atoms with Gasteiger partial charge in [-0.15, -0.1) is 0 Å². The monoisotopic (exact) mass is 335 g/mol. The van der Waals surface area contributed by atoms with E-state index >= 15 is 0 Å². The lowest BCUT2D eigenvalue weighted by Gasteiger charge is -2.19. The van der Waals surface area contributed by atoms with Gasteiger partial charge in [0, 0.05) is 30.5 Å². The molecule has 2 aromatic rings. The van der Waals surface area contributed by atoms with Crippen LogP contribution in [0.4, 0.5) is 10.6 Å². The van der Waals surface area contributed by atoms with Gasteiger partial charge < -0.3 is 15.3 Å². The van der Waals surface area contributed by atoms with Gasteiger partial charge in [-0.25, -0.2) is 9.78 Å². The van der Waals surface area contributed by atoms with Crippen LogP contribution in [0.2, 0.25) is 5.15 Å². The zero-order chi connectivity index (χ0) is 16.6. The number of aryl methyl sites for hydroxylation is 2. The molecule has 0 spiro atoms. The molecule has 1 fully saturated rings. The summed E-state index contributed by atoms with van der Waals surface area (Å²) in [5, 5.41) is 11.7. The summed E-state index contributed by atoms with van der Waals surface area (Å²) in [7, 11) is 0. The highest BCUT2D eigenvalue weighted by Crippen LogP contribution is 2.23. The summed E-state index contributed by atoms with van der Waals surface area (Å²) < 4.78 is 1.94. The van der Waals surface area contributed by atoms with Crippen molar-refractivity contribution in [2.45, 2.75) is 26.3 Å². The van der Waals surface area contributed by atoms with Crippen LogP contribution in [0.3, 0.4) is 0 Å². The highest BCUT2D eigenvalue weighted by Gasteiger charge is 2.25. The van der Waals surface area contributed by atoms with Crippen molar-refractivity contribution in [3.8, 4) is 5.95 Å². The Morgan fingerprint density at radius 3 is 2.70 bits per heavy atom. The maximum absolute atomic E-state index is 10.8. The molecule has 1 aliphatic heterocycles. The van der Waals surface area contributed by atoms with Crippen molar-refractivity contribution in [3.05, 3.63) is 34.7 Å². The summed E-state index contributed by atoms with van der Waals surface area (Å²) in [4.78, 5) is 21.7. The quantitative estimate of drug-likeness (QED) is 0.841. The number of anilines is 1. The Morgan fingerprint density at radius 1 is 1.35 bits per heavy atom. The predicted octanol–water partition coefficient (Wildman–Crippen LogP) is 2.38. The summed E-state index contributed by atoms with van der Waals surface area (Å²) >= 11 is 6.17. The first-order valence-corrected chi connectivity index (χ1v) is 7.76. The minimum atomic E-state index is -1.00. The van der Waals surface area contributed by atoms with E-state index in [9.17, 15) is 4.79 Å². The van der Waals surface area contributed by atoms with E-state index in [2.05, 4.69) is 15.3 Å². The van der Waals surface area contributed by atoms with E-state index in [4.69, 9.17) is 16.7 Å². The van der Waals surface area contributed by atoms with Crippen LogP contribution < -0.4 is 10.2 Å². The van der Waals surface area contributed by atoms with E-state index in [1.54, 1.807) is 6.07 Å². The Labute approximate surface area is 138 Å². The molecule has 7 nitrogen and oxygen atoms in total. The summed E-state index contributed by atoms with van der Waals surface area (Å²) in [6, 6.07) is 5.62. The van der Waals surface area contributed by atoms with Gasteiger partial charge in [0.15, 0.2) is 0 Å². The first-order valence-electron chi connectivity index (χ1n) is 7.38. The fourth-order valence-corrected chi connectivity index (χ4v) is 3.07. The van der Waals surface area contributed by atoms with Gasteiger partial charge in [-0.3, -0.25) is 4.57 Å². The van der Waals surface area contributed by atoms with E-state index in [-0.39, 0.29) is 6.04 Å². The molecule has 0 bridgehead atoms. The molecule has 1 atom stereocenters. The maximum Gasteiger partial charge on any atom is 0.404 e. The summed E-state index contributed by atoms with van der Waals surface area (Å²) in [6.07, 6.45) is -0.262. The third-order valence-electron chi connectivity index (χ3n) is 3.98. The number of nitrogens with one attached hydrogen (secondary N) is 1. The molecule has 23 heavy (non-hydrogen) atoms. The van der Waals surface area contributed by atoms with Crippen LogP contribution in [0.25, 0.3) is 5.95 Å². The van der Waals surface area contributed by atoms with Gasteiger partial charge in [-0.2, -0.15) is 4.98 Å². The molecule has 2 N–H and O–H groups in total. The van der Waals surface area contributed by atoms with Gasteiger partial charge in [-0.05, 0) is 32.4 Å². The Hall–Kier alpha value is -2.28. The SMILES string of the molecule is Cc1ccc(C)n1-c1nc(Cl)cc(N2CC[C@@H](NC(=O)O)C2)n1. The molecule has 8 heteroatoms. The van der Waals surface area contributed by atoms with Crippen LogP contribution in [0.15, 0.2) is 18.2 Å². The van der Waals surface area contributed by atoms with Crippen LogP contribution in [0.1, 0.15) is 17.8 Å². The molecule has 3 rings (SSSR count). The first kappa shape index (κ1) is 15.6. The average Bonchev–Trinajstić information content (AvgIpc) is 3.05. The van der Waals surface area contributed by atoms with Crippen molar-refractivity contribution in [1.29, 1.82) is 0 Å². The van der Waals surface area contributed by atoms with E-state index in [1.807, 2.05) is 35.4 Å². The summed E-state index contributed by atoms with van der Waals surface area (Å²) in [5.41, 5.74) is 2.06. The second kappa shape index (κ2) is 6.08. The van der Waals surface area contributed by atoms with Gasteiger partial charge in [0.25, 0.3) is 0 Å². The van der Waals surface area contributed by atoms with E-state index < -0.39 is 6.09 Å². The van der Waals surface area contributed by atoms with E-state index in [1.165, 1.54) is 0 Å². The number of carbonyl (C=O) groups is 1. The molecular formula is C15H18ClN5O2. The Kier molecular flexibility index (Phi) is 4.12. The molecule has 0 radical (unpaired) electrons. The highest BCUT2D eigenvalue weighted by atomic mass is 35.5. The second-order valence-corrected chi connectivity index (χ2v) is 6.07. The van der Waals surface area contributed by atoms with Crippen LogP contribution in [0.5, 0.6) is 0 Å². The van der Waals surface area contributed by atoms with Gasteiger partial charge in [0.1, 0.15) is 11.0 Å². The largest absolute Gasteiger partial charge is 0.465 e. The smallest absolute Gasteiger partial charge is 0.404 e. The highest BCUT2D eigenvalue weighted by molar-refractivity contribution is 6.29. The van der Waals surface area contributed by atoms with Gasteiger partial charge in [0.2, 0.25) is 5.95 Å². The zero-order valence-electron chi connectivity index (χ0n) is 13.0.